The van der Waals surface area contributed by atoms with Crippen LogP contribution in [0.3, 0.4) is 0 Å². The normalized spacial score (nSPS) is 11.7. The molecule has 5 heteroatoms. The van der Waals surface area contributed by atoms with Crippen molar-refractivity contribution in [1.82, 2.24) is 4.57 Å². The van der Waals surface area contributed by atoms with Crippen molar-refractivity contribution >= 4 is 11.5 Å². The monoisotopic (exact) mass is 325 g/mol. The van der Waals surface area contributed by atoms with Gasteiger partial charge in [-0.3, -0.25) is 4.79 Å². The second-order valence-electron chi connectivity index (χ2n) is 5.47. The van der Waals surface area contributed by atoms with Crippen molar-refractivity contribution in [3.63, 3.8) is 0 Å². The Bertz CT molecular complexity index is 887. The van der Waals surface area contributed by atoms with E-state index in [1.165, 1.54) is 12.1 Å². The summed E-state index contributed by atoms with van der Waals surface area (Å²) in [7, 11) is 1.78. The maximum atomic E-state index is 12.9. The smallest absolute Gasteiger partial charge is 0.224 e. The molecule has 1 aromatic carbocycles. The maximum Gasteiger partial charge on any atom is 0.224 e. The van der Waals surface area contributed by atoms with Gasteiger partial charge < -0.3 is 14.1 Å². The first-order valence-corrected chi connectivity index (χ1v) is 7.43. The first-order valence-electron chi connectivity index (χ1n) is 7.43. The standard InChI is InChI=1S/C19H16FNO3/c1-21-10-2-3-16(21)17(22)12-18(23)19-9-8-15(24-19)11-13-4-6-14(20)7-5-13/h2-10,12,22H,11H2,1H3/b17-12+. The molecule has 0 saturated carbocycles. The van der Waals surface area contributed by atoms with Crippen molar-refractivity contribution in [1.29, 1.82) is 0 Å². The summed E-state index contributed by atoms with van der Waals surface area (Å²) in [5.74, 6) is -0.0945. The van der Waals surface area contributed by atoms with E-state index < -0.39 is 5.78 Å². The third-order valence-electron chi connectivity index (χ3n) is 3.67. The second kappa shape index (κ2) is 6.58. The van der Waals surface area contributed by atoms with E-state index in [2.05, 4.69) is 0 Å². The van der Waals surface area contributed by atoms with Gasteiger partial charge >= 0.3 is 0 Å². The van der Waals surface area contributed by atoms with Gasteiger partial charge in [0, 0.05) is 25.7 Å². The van der Waals surface area contributed by atoms with Crippen LogP contribution in [0.25, 0.3) is 5.76 Å². The van der Waals surface area contributed by atoms with E-state index in [0.29, 0.717) is 17.9 Å². The Hall–Kier alpha value is -3.08. The molecule has 1 N–H and O–H groups in total. The summed E-state index contributed by atoms with van der Waals surface area (Å²) >= 11 is 0. The summed E-state index contributed by atoms with van der Waals surface area (Å²) in [6.07, 6.45) is 3.37. The molecule has 0 spiro atoms. The number of benzene rings is 1. The molecule has 4 nitrogen and oxygen atoms in total. The summed E-state index contributed by atoms with van der Waals surface area (Å²) < 4.78 is 20.1. The van der Waals surface area contributed by atoms with E-state index in [1.807, 2.05) is 0 Å². The Balaban J connectivity index is 1.74. The summed E-state index contributed by atoms with van der Waals surface area (Å²) in [6.45, 7) is 0. The largest absolute Gasteiger partial charge is 0.506 e. The summed E-state index contributed by atoms with van der Waals surface area (Å²) in [5, 5.41) is 10.0. The van der Waals surface area contributed by atoms with Crippen LogP contribution in [0.5, 0.6) is 0 Å². The maximum absolute atomic E-state index is 12.9. The van der Waals surface area contributed by atoms with Crippen LogP contribution in [0.1, 0.15) is 27.6 Å². The number of halogens is 1. The van der Waals surface area contributed by atoms with Crippen LogP contribution in [0.4, 0.5) is 4.39 Å². The lowest BCUT2D eigenvalue weighted by molar-refractivity contribution is 0.101. The number of carbonyl (C=O) groups excluding carboxylic acids is 1. The zero-order valence-corrected chi connectivity index (χ0v) is 13.1. The molecule has 0 saturated heterocycles. The summed E-state index contributed by atoms with van der Waals surface area (Å²) in [6, 6.07) is 12.8. The number of ketones is 1. The van der Waals surface area contributed by atoms with E-state index in [0.717, 1.165) is 11.6 Å². The van der Waals surface area contributed by atoms with Gasteiger partial charge in [0.25, 0.3) is 0 Å². The molecular formula is C19H16FNO3. The van der Waals surface area contributed by atoms with E-state index >= 15 is 0 Å². The van der Waals surface area contributed by atoms with Gasteiger partial charge in [0.15, 0.2) is 5.76 Å². The molecule has 122 valence electrons. The Morgan fingerprint density at radius 3 is 2.62 bits per heavy atom. The molecule has 2 heterocycles. The number of aromatic nitrogens is 1. The number of nitrogens with zero attached hydrogens (tertiary/aromatic N) is 1. The molecule has 0 aliphatic heterocycles. The van der Waals surface area contributed by atoms with Gasteiger partial charge in [0.05, 0.1) is 5.69 Å². The van der Waals surface area contributed by atoms with E-state index in [4.69, 9.17) is 4.42 Å². The molecule has 0 aliphatic rings. The Morgan fingerprint density at radius 2 is 1.96 bits per heavy atom. The zero-order chi connectivity index (χ0) is 17.1. The Kier molecular flexibility index (Phi) is 4.33. The fourth-order valence-corrected chi connectivity index (χ4v) is 2.41. The lowest BCUT2D eigenvalue weighted by Crippen LogP contribution is -1.98. The Labute approximate surface area is 138 Å². The number of aliphatic hydroxyl groups is 1. The van der Waals surface area contributed by atoms with Gasteiger partial charge in [0.2, 0.25) is 5.78 Å². The van der Waals surface area contributed by atoms with Crippen LogP contribution in [0, 0.1) is 5.82 Å². The molecule has 3 rings (SSSR count). The van der Waals surface area contributed by atoms with Gasteiger partial charge in [-0.25, -0.2) is 4.39 Å². The zero-order valence-electron chi connectivity index (χ0n) is 13.1. The average molecular weight is 325 g/mol. The highest BCUT2D eigenvalue weighted by Crippen LogP contribution is 2.17. The fraction of sp³-hybridized carbons (Fsp3) is 0.105. The van der Waals surface area contributed by atoms with Crippen molar-refractivity contribution in [2.45, 2.75) is 6.42 Å². The van der Waals surface area contributed by atoms with Gasteiger partial charge in [-0.2, -0.15) is 0 Å². The highest BCUT2D eigenvalue weighted by atomic mass is 19.1. The third kappa shape index (κ3) is 3.46. The number of hydrogen-bond acceptors (Lipinski definition) is 3. The van der Waals surface area contributed by atoms with Crippen LogP contribution in [-0.4, -0.2) is 15.5 Å². The lowest BCUT2D eigenvalue weighted by atomic mass is 10.1. The number of aryl methyl sites for hydroxylation is 1. The highest BCUT2D eigenvalue weighted by Gasteiger charge is 2.12. The molecule has 0 atom stereocenters. The molecule has 0 aliphatic carbocycles. The van der Waals surface area contributed by atoms with E-state index in [1.54, 1.807) is 54.2 Å². The molecule has 0 amide bonds. The van der Waals surface area contributed by atoms with Gasteiger partial charge in [-0.1, -0.05) is 12.1 Å². The highest BCUT2D eigenvalue weighted by molar-refractivity contribution is 6.05. The number of rotatable bonds is 5. The molecule has 0 radical (unpaired) electrons. The first-order chi connectivity index (χ1) is 11.5. The second-order valence-corrected chi connectivity index (χ2v) is 5.47. The molecule has 0 unspecified atom stereocenters. The van der Waals surface area contributed by atoms with E-state index in [-0.39, 0.29) is 17.3 Å². The van der Waals surface area contributed by atoms with Crippen molar-refractivity contribution < 1.29 is 18.7 Å². The van der Waals surface area contributed by atoms with Gasteiger partial charge in [-0.05, 0) is 42.0 Å². The van der Waals surface area contributed by atoms with Crippen molar-refractivity contribution in [3.05, 3.63) is 89.4 Å². The molecular weight excluding hydrogens is 309 g/mol. The molecule has 24 heavy (non-hydrogen) atoms. The lowest BCUT2D eigenvalue weighted by Gasteiger charge is -2.01. The SMILES string of the molecule is Cn1cccc1/C(O)=C\C(=O)c1ccc(Cc2ccc(F)cc2)o1. The minimum absolute atomic E-state index is 0.121. The van der Waals surface area contributed by atoms with Crippen molar-refractivity contribution in [3.8, 4) is 0 Å². The number of hydrogen-bond donors (Lipinski definition) is 1. The van der Waals surface area contributed by atoms with E-state index in [9.17, 15) is 14.3 Å². The first kappa shape index (κ1) is 15.8. The van der Waals surface area contributed by atoms with Crippen LogP contribution in [0.15, 0.2) is 65.2 Å². The molecule has 2 aromatic heterocycles. The molecule has 0 fully saturated rings. The van der Waals surface area contributed by atoms with Gasteiger partial charge in [0.1, 0.15) is 17.3 Å². The van der Waals surface area contributed by atoms with Crippen molar-refractivity contribution in [2.75, 3.05) is 0 Å². The predicted molar refractivity (Wildman–Crippen MR) is 88.3 cm³/mol. The van der Waals surface area contributed by atoms with Crippen LogP contribution < -0.4 is 0 Å². The quantitative estimate of drug-likeness (QED) is 0.436. The van der Waals surface area contributed by atoms with Crippen molar-refractivity contribution in [2.24, 2.45) is 7.05 Å². The number of allylic oxidation sites excluding steroid dienone is 1. The fourth-order valence-electron chi connectivity index (χ4n) is 2.41. The number of aliphatic hydroxyl groups excluding tert-OH is 1. The van der Waals surface area contributed by atoms with Crippen LogP contribution >= 0.6 is 0 Å². The summed E-state index contributed by atoms with van der Waals surface area (Å²) in [4.78, 5) is 12.2. The van der Waals surface area contributed by atoms with Crippen LogP contribution in [-0.2, 0) is 13.5 Å². The van der Waals surface area contributed by atoms with Crippen LogP contribution in [0.2, 0.25) is 0 Å². The minimum Gasteiger partial charge on any atom is -0.506 e. The minimum atomic E-state index is -0.418. The summed E-state index contributed by atoms with van der Waals surface area (Å²) in [5.41, 5.74) is 1.42. The number of carbonyl (C=O) groups is 1. The molecule has 0 bridgehead atoms. The van der Waals surface area contributed by atoms with Gasteiger partial charge in [-0.15, -0.1) is 0 Å². The predicted octanol–water partition coefficient (Wildman–Crippen LogP) is 4.13. The third-order valence-corrected chi connectivity index (χ3v) is 3.67. The Morgan fingerprint density at radius 1 is 1.21 bits per heavy atom. The molecule has 3 aromatic rings. The average Bonchev–Trinajstić information content (AvgIpc) is 3.18. The topological polar surface area (TPSA) is 55.4 Å². The number of furan rings is 1.